The highest BCUT2D eigenvalue weighted by Gasteiger charge is 2.38. The molecule has 0 bridgehead atoms. The van der Waals surface area contributed by atoms with Gasteiger partial charge in [0, 0.05) is 0 Å². The maximum Gasteiger partial charge on any atom is 0.336 e. The van der Waals surface area contributed by atoms with E-state index in [4.69, 9.17) is 21.1 Å². The van der Waals surface area contributed by atoms with Crippen LogP contribution in [0.4, 0.5) is 14.9 Å². The number of ether oxygens (including phenoxy) is 2. The third-order valence-corrected chi connectivity index (χ3v) is 5.26. The Kier molecular flexibility index (Phi) is 6.60. The van der Waals surface area contributed by atoms with Crippen molar-refractivity contribution < 1.29 is 28.2 Å². The van der Waals surface area contributed by atoms with Crippen molar-refractivity contribution in [3.8, 4) is 11.5 Å². The molecule has 0 radical (unpaired) electrons. The molecule has 34 heavy (non-hydrogen) atoms. The van der Waals surface area contributed by atoms with Gasteiger partial charge in [0.25, 0.3) is 11.8 Å². The molecule has 4 amide bonds. The largest absolute Gasteiger partial charge is 0.493 e. The van der Waals surface area contributed by atoms with Gasteiger partial charge in [-0.15, -0.1) is 0 Å². The number of amides is 4. The molecule has 4 rings (SSSR count). The molecule has 1 heterocycles. The van der Waals surface area contributed by atoms with Crippen LogP contribution in [0.1, 0.15) is 11.1 Å². The number of imide groups is 2. The van der Waals surface area contributed by atoms with Crippen molar-refractivity contribution in [2.45, 2.75) is 6.61 Å². The summed E-state index contributed by atoms with van der Waals surface area (Å²) in [6.07, 6.45) is 1.24. The molecule has 1 aliphatic heterocycles. The Bertz CT molecular complexity index is 1310. The molecule has 0 saturated carbocycles. The number of carbonyl (C=O) groups excluding carboxylic acids is 3. The Labute approximate surface area is 199 Å². The smallest absolute Gasteiger partial charge is 0.336 e. The molecule has 9 heteroatoms. The van der Waals surface area contributed by atoms with Crippen LogP contribution in [0.2, 0.25) is 5.02 Å². The standard InChI is InChI=1S/C25H18ClFN2O5/c1-33-21-13-16(12-18(26)22(21)34-14-15-7-3-2-4-8-15)11-17-23(30)28-25(32)29(24(17)31)20-10-6-5-9-19(20)27/h2-13H,14H2,1H3,(H,28,30,32). The van der Waals surface area contributed by atoms with Crippen LogP contribution in [0, 0.1) is 5.82 Å². The van der Waals surface area contributed by atoms with Crippen LogP contribution in [-0.4, -0.2) is 25.0 Å². The summed E-state index contributed by atoms with van der Waals surface area (Å²) in [5.74, 6) is -2.11. The van der Waals surface area contributed by atoms with Crippen molar-refractivity contribution in [1.29, 1.82) is 0 Å². The second kappa shape index (κ2) is 9.76. The van der Waals surface area contributed by atoms with E-state index in [1.165, 1.54) is 43.5 Å². The van der Waals surface area contributed by atoms with E-state index < -0.39 is 23.7 Å². The Morgan fingerprint density at radius 1 is 1.03 bits per heavy atom. The fourth-order valence-electron chi connectivity index (χ4n) is 3.37. The average molecular weight is 481 g/mol. The molecular formula is C25H18ClFN2O5. The lowest BCUT2D eigenvalue weighted by atomic mass is 10.1. The molecule has 1 fully saturated rings. The van der Waals surface area contributed by atoms with Crippen molar-refractivity contribution in [3.05, 3.63) is 94.3 Å². The number of urea groups is 1. The number of barbiturate groups is 1. The zero-order valence-corrected chi connectivity index (χ0v) is 18.6. The first-order valence-corrected chi connectivity index (χ1v) is 10.5. The zero-order valence-electron chi connectivity index (χ0n) is 17.9. The van der Waals surface area contributed by atoms with E-state index in [-0.39, 0.29) is 34.4 Å². The Morgan fingerprint density at radius 2 is 1.74 bits per heavy atom. The highest BCUT2D eigenvalue weighted by molar-refractivity contribution is 6.39. The van der Waals surface area contributed by atoms with E-state index in [2.05, 4.69) is 5.32 Å². The monoisotopic (exact) mass is 480 g/mol. The van der Waals surface area contributed by atoms with Gasteiger partial charge in [-0.1, -0.05) is 54.1 Å². The van der Waals surface area contributed by atoms with Crippen LogP contribution in [-0.2, 0) is 16.2 Å². The summed E-state index contributed by atoms with van der Waals surface area (Å²) in [5.41, 5.74) is 0.618. The molecule has 0 atom stereocenters. The van der Waals surface area contributed by atoms with E-state index in [1.54, 1.807) is 0 Å². The van der Waals surface area contributed by atoms with E-state index in [0.29, 0.717) is 10.5 Å². The molecule has 0 aromatic heterocycles. The van der Waals surface area contributed by atoms with Crippen LogP contribution in [0.15, 0.2) is 72.3 Å². The fourth-order valence-corrected chi connectivity index (χ4v) is 3.64. The number of hydrogen-bond donors (Lipinski definition) is 1. The summed E-state index contributed by atoms with van der Waals surface area (Å²) in [6, 6.07) is 16.7. The molecule has 1 saturated heterocycles. The summed E-state index contributed by atoms with van der Waals surface area (Å²) in [6.45, 7) is 0.248. The van der Waals surface area contributed by atoms with E-state index in [1.807, 2.05) is 30.3 Å². The molecule has 0 unspecified atom stereocenters. The van der Waals surface area contributed by atoms with Crippen LogP contribution >= 0.6 is 11.6 Å². The number of methoxy groups -OCH3 is 1. The number of nitrogens with one attached hydrogen (secondary N) is 1. The van der Waals surface area contributed by atoms with Gasteiger partial charge in [-0.05, 0) is 41.5 Å². The van der Waals surface area contributed by atoms with Gasteiger partial charge in [0.1, 0.15) is 18.0 Å². The van der Waals surface area contributed by atoms with Gasteiger partial charge in [0.15, 0.2) is 11.5 Å². The number of halogens is 2. The molecule has 3 aromatic rings. The van der Waals surface area contributed by atoms with Crippen molar-refractivity contribution in [1.82, 2.24) is 5.32 Å². The molecule has 0 spiro atoms. The second-order valence-corrected chi connectivity index (χ2v) is 7.62. The van der Waals surface area contributed by atoms with Crippen molar-refractivity contribution in [2.75, 3.05) is 12.0 Å². The highest BCUT2D eigenvalue weighted by Crippen LogP contribution is 2.38. The Morgan fingerprint density at radius 3 is 2.44 bits per heavy atom. The van der Waals surface area contributed by atoms with Gasteiger partial charge in [-0.3, -0.25) is 14.9 Å². The van der Waals surface area contributed by atoms with Gasteiger partial charge in [0.05, 0.1) is 17.8 Å². The predicted molar refractivity (Wildman–Crippen MR) is 124 cm³/mol. The van der Waals surface area contributed by atoms with Gasteiger partial charge >= 0.3 is 6.03 Å². The minimum absolute atomic E-state index is 0.188. The lowest BCUT2D eigenvalue weighted by Gasteiger charge is -2.26. The van der Waals surface area contributed by atoms with Crippen LogP contribution in [0.3, 0.4) is 0 Å². The lowest BCUT2D eigenvalue weighted by Crippen LogP contribution is -2.54. The van der Waals surface area contributed by atoms with Gasteiger partial charge in [-0.25, -0.2) is 14.1 Å². The second-order valence-electron chi connectivity index (χ2n) is 7.22. The summed E-state index contributed by atoms with van der Waals surface area (Å²) in [7, 11) is 1.43. The van der Waals surface area contributed by atoms with E-state index >= 15 is 0 Å². The van der Waals surface area contributed by atoms with Crippen LogP contribution in [0.5, 0.6) is 11.5 Å². The summed E-state index contributed by atoms with van der Waals surface area (Å²) < 4.78 is 25.4. The highest BCUT2D eigenvalue weighted by atomic mass is 35.5. The molecular weight excluding hydrogens is 463 g/mol. The van der Waals surface area contributed by atoms with Gasteiger partial charge < -0.3 is 9.47 Å². The van der Waals surface area contributed by atoms with Gasteiger partial charge in [-0.2, -0.15) is 0 Å². The number of benzene rings is 3. The number of rotatable bonds is 6. The first kappa shape index (κ1) is 23.0. The lowest BCUT2D eigenvalue weighted by molar-refractivity contribution is -0.122. The third-order valence-electron chi connectivity index (χ3n) is 4.98. The first-order valence-electron chi connectivity index (χ1n) is 10.1. The van der Waals surface area contributed by atoms with E-state index in [9.17, 15) is 18.8 Å². The fraction of sp³-hybridized carbons (Fsp3) is 0.0800. The quantitative estimate of drug-likeness (QED) is 0.407. The Balaban J connectivity index is 1.66. The summed E-state index contributed by atoms with van der Waals surface area (Å²) in [5, 5.41) is 2.24. The maximum atomic E-state index is 14.2. The molecule has 1 aliphatic rings. The number of hydrogen-bond acceptors (Lipinski definition) is 5. The van der Waals surface area contributed by atoms with Crippen LogP contribution < -0.4 is 19.7 Å². The number of para-hydroxylation sites is 1. The summed E-state index contributed by atoms with van der Waals surface area (Å²) >= 11 is 6.40. The van der Waals surface area contributed by atoms with Gasteiger partial charge in [0.2, 0.25) is 0 Å². The average Bonchev–Trinajstić information content (AvgIpc) is 2.82. The topological polar surface area (TPSA) is 84.9 Å². The van der Waals surface area contributed by atoms with Crippen molar-refractivity contribution in [3.63, 3.8) is 0 Å². The number of anilines is 1. The number of nitrogens with zero attached hydrogens (tertiary/aromatic N) is 1. The maximum absolute atomic E-state index is 14.2. The minimum Gasteiger partial charge on any atom is -0.493 e. The zero-order chi connectivity index (χ0) is 24.2. The molecule has 7 nitrogen and oxygen atoms in total. The summed E-state index contributed by atoms with van der Waals surface area (Å²) in [4.78, 5) is 38.2. The van der Waals surface area contributed by atoms with E-state index in [0.717, 1.165) is 11.6 Å². The van der Waals surface area contributed by atoms with Crippen LogP contribution in [0.25, 0.3) is 6.08 Å². The van der Waals surface area contributed by atoms with Crippen molar-refractivity contribution in [2.24, 2.45) is 0 Å². The molecule has 172 valence electrons. The first-order chi connectivity index (χ1) is 16.4. The minimum atomic E-state index is -1.04. The molecule has 0 aliphatic carbocycles. The molecule has 1 N–H and O–H groups in total. The SMILES string of the molecule is COc1cc(C=C2C(=O)NC(=O)N(c3ccccc3F)C2=O)cc(Cl)c1OCc1ccccc1. The molecule has 3 aromatic carbocycles. The van der Waals surface area contributed by atoms with Crippen molar-refractivity contribution >= 4 is 41.2 Å². The predicted octanol–water partition coefficient (Wildman–Crippen LogP) is 4.73. The number of carbonyl (C=O) groups is 3. The Hall–Kier alpha value is -4.17. The normalized spacial score (nSPS) is 14.9. The third kappa shape index (κ3) is 4.62.